The van der Waals surface area contributed by atoms with Gasteiger partial charge in [-0.05, 0) is 32.6 Å². The summed E-state index contributed by atoms with van der Waals surface area (Å²) in [4.78, 5) is 0. The maximum absolute atomic E-state index is 11.4. The van der Waals surface area contributed by atoms with Gasteiger partial charge in [0.2, 0.25) is 0 Å². The van der Waals surface area contributed by atoms with Crippen molar-refractivity contribution in [2.75, 3.05) is 5.75 Å². The molecule has 1 fully saturated rings. The second-order valence-corrected chi connectivity index (χ2v) is 6.58. The monoisotopic (exact) mass is 191 g/mol. The quantitative estimate of drug-likeness (QED) is 0.708. The van der Waals surface area contributed by atoms with Gasteiger partial charge in [-0.15, -0.1) is 0 Å². The fraction of sp³-hybridized carbons (Fsp3) is 1.00. The zero-order chi connectivity index (χ0) is 9.35. The molecule has 0 bridgehead atoms. The minimum atomic E-state index is -2.84. The Morgan fingerprint density at radius 1 is 1.42 bits per heavy atom. The Morgan fingerprint density at radius 3 is 2.25 bits per heavy atom. The van der Waals surface area contributed by atoms with Gasteiger partial charge in [-0.1, -0.05) is 0 Å². The second kappa shape index (κ2) is 3.34. The van der Waals surface area contributed by atoms with Crippen LogP contribution in [-0.2, 0) is 9.84 Å². The third kappa shape index (κ3) is 2.20. The molecular weight excluding hydrogens is 174 g/mol. The molecule has 1 aliphatic rings. The smallest absolute Gasteiger partial charge is 0.152 e. The third-order valence-electron chi connectivity index (χ3n) is 2.46. The van der Waals surface area contributed by atoms with E-state index in [-0.39, 0.29) is 11.3 Å². The van der Waals surface area contributed by atoms with Crippen LogP contribution in [0.1, 0.15) is 26.7 Å². The van der Waals surface area contributed by atoms with Crippen LogP contribution in [0.2, 0.25) is 0 Å². The Kier molecular flexibility index (Phi) is 2.78. The van der Waals surface area contributed by atoms with Gasteiger partial charge in [0.05, 0.1) is 11.0 Å². The summed E-state index contributed by atoms with van der Waals surface area (Å²) >= 11 is 0. The number of hydrogen-bond acceptors (Lipinski definition) is 3. The van der Waals surface area contributed by atoms with Gasteiger partial charge < -0.3 is 5.73 Å². The van der Waals surface area contributed by atoms with Gasteiger partial charge in [-0.25, -0.2) is 8.42 Å². The maximum atomic E-state index is 11.4. The normalized spacial score (nSPS) is 30.3. The lowest BCUT2D eigenvalue weighted by atomic mass is 9.82. The summed E-state index contributed by atoms with van der Waals surface area (Å²) in [5.74, 6) is 0.658. The molecule has 0 saturated heterocycles. The van der Waals surface area contributed by atoms with Crippen LogP contribution in [0, 0.1) is 5.92 Å². The van der Waals surface area contributed by atoms with Crippen molar-refractivity contribution in [3.8, 4) is 0 Å². The molecule has 1 aliphatic carbocycles. The molecule has 0 aromatic rings. The van der Waals surface area contributed by atoms with E-state index in [9.17, 15) is 8.42 Å². The fourth-order valence-corrected chi connectivity index (χ4v) is 2.76. The van der Waals surface area contributed by atoms with Crippen molar-refractivity contribution in [3.05, 3.63) is 0 Å². The van der Waals surface area contributed by atoms with Gasteiger partial charge in [-0.2, -0.15) is 0 Å². The Labute approximate surface area is 74.3 Å². The Morgan fingerprint density at radius 2 is 1.92 bits per heavy atom. The van der Waals surface area contributed by atoms with E-state index in [1.165, 1.54) is 0 Å². The van der Waals surface area contributed by atoms with Crippen LogP contribution in [0.5, 0.6) is 0 Å². The van der Waals surface area contributed by atoms with Crippen molar-refractivity contribution in [2.45, 2.75) is 38.0 Å². The molecular formula is C8H17NO2S. The topological polar surface area (TPSA) is 60.2 Å². The molecule has 0 aromatic carbocycles. The number of sulfone groups is 1. The van der Waals surface area contributed by atoms with E-state index in [4.69, 9.17) is 5.73 Å². The molecule has 0 aliphatic heterocycles. The van der Waals surface area contributed by atoms with Crippen LogP contribution in [0.4, 0.5) is 0 Å². The van der Waals surface area contributed by atoms with Crippen molar-refractivity contribution in [2.24, 2.45) is 11.7 Å². The highest BCUT2D eigenvalue weighted by molar-refractivity contribution is 7.91. The molecule has 12 heavy (non-hydrogen) atoms. The lowest BCUT2D eigenvalue weighted by Crippen LogP contribution is -2.40. The molecule has 2 N–H and O–H groups in total. The molecule has 0 atom stereocenters. The first-order valence-corrected chi connectivity index (χ1v) is 6.10. The SMILES string of the molecule is CC(C)S(=O)(=O)CC1CC(N)C1. The second-order valence-electron chi connectivity index (χ2n) is 3.98. The average molecular weight is 191 g/mol. The molecule has 3 nitrogen and oxygen atoms in total. The first kappa shape index (κ1) is 9.99. The van der Waals surface area contributed by atoms with Crippen LogP contribution in [0.15, 0.2) is 0 Å². The van der Waals surface area contributed by atoms with Crippen LogP contribution in [-0.4, -0.2) is 25.5 Å². The number of nitrogens with two attached hydrogens (primary N) is 1. The van der Waals surface area contributed by atoms with Crippen molar-refractivity contribution in [1.82, 2.24) is 0 Å². The predicted octanol–water partition coefficient (Wildman–Crippen LogP) is 0.547. The summed E-state index contributed by atoms with van der Waals surface area (Å²) < 4.78 is 22.8. The van der Waals surface area contributed by atoms with E-state index in [1.54, 1.807) is 13.8 Å². The molecule has 0 spiro atoms. The minimum Gasteiger partial charge on any atom is -0.328 e. The molecule has 1 saturated carbocycles. The molecule has 72 valence electrons. The van der Waals surface area contributed by atoms with Crippen LogP contribution >= 0.6 is 0 Å². The molecule has 0 amide bonds. The van der Waals surface area contributed by atoms with E-state index in [1.807, 2.05) is 0 Å². The standard InChI is InChI=1S/C8H17NO2S/c1-6(2)12(10,11)5-7-3-8(9)4-7/h6-8H,3-5,9H2,1-2H3. The van der Waals surface area contributed by atoms with Crippen molar-refractivity contribution in [1.29, 1.82) is 0 Å². The Bertz CT molecular complexity index is 240. The molecule has 1 rings (SSSR count). The van der Waals surface area contributed by atoms with Gasteiger partial charge in [0.25, 0.3) is 0 Å². The summed E-state index contributed by atoms with van der Waals surface area (Å²) in [6.45, 7) is 3.46. The van der Waals surface area contributed by atoms with E-state index in [2.05, 4.69) is 0 Å². The first-order chi connectivity index (χ1) is 5.42. The van der Waals surface area contributed by atoms with E-state index in [0.29, 0.717) is 11.7 Å². The van der Waals surface area contributed by atoms with Crippen LogP contribution in [0.3, 0.4) is 0 Å². The highest BCUT2D eigenvalue weighted by Crippen LogP contribution is 2.27. The highest BCUT2D eigenvalue weighted by Gasteiger charge is 2.31. The van der Waals surface area contributed by atoms with E-state index in [0.717, 1.165) is 12.8 Å². The highest BCUT2D eigenvalue weighted by atomic mass is 32.2. The summed E-state index contributed by atoms with van der Waals surface area (Å²) in [7, 11) is -2.84. The summed E-state index contributed by atoms with van der Waals surface area (Å²) in [6.07, 6.45) is 1.76. The largest absolute Gasteiger partial charge is 0.328 e. The van der Waals surface area contributed by atoms with Crippen LogP contribution < -0.4 is 5.73 Å². The molecule has 4 heteroatoms. The first-order valence-electron chi connectivity index (χ1n) is 4.39. The van der Waals surface area contributed by atoms with E-state index < -0.39 is 9.84 Å². The lowest BCUT2D eigenvalue weighted by Gasteiger charge is -2.32. The zero-order valence-electron chi connectivity index (χ0n) is 7.66. The minimum absolute atomic E-state index is 0.241. The van der Waals surface area contributed by atoms with Crippen molar-refractivity contribution >= 4 is 9.84 Å². The molecule has 0 radical (unpaired) electrons. The summed E-state index contributed by atoms with van der Waals surface area (Å²) in [5, 5.41) is -0.241. The lowest BCUT2D eigenvalue weighted by molar-refractivity contribution is 0.291. The van der Waals surface area contributed by atoms with Gasteiger partial charge in [0, 0.05) is 6.04 Å². The van der Waals surface area contributed by atoms with Crippen LogP contribution in [0.25, 0.3) is 0 Å². The Balaban J connectivity index is 2.42. The number of hydrogen-bond donors (Lipinski definition) is 1. The van der Waals surface area contributed by atoms with E-state index >= 15 is 0 Å². The summed E-state index contributed by atoms with van der Waals surface area (Å²) in [5.41, 5.74) is 5.57. The van der Waals surface area contributed by atoms with Crippen molar-refractivity contribution in [3.63, 3.8) is 0 Å². The number of rotatable bonds is 3. The maximum Gasteiger partial charge on any atom is 0.152 e. The summed E-state index contributed by atoms with van der Waals surface area (Å²) in [6, 6.07) is 0.248. The van der Waals surface area contributed by atoms with Gasteiger partial charge in [0.1, 0.15) is 0 Å². The predicted molar refractivity (Wildman–Crippen MR) is 49.6 cm³/mol. The molecule has 0 heterocycles. The third-order valence-corrected chi connectivity index (χ3v) is 4.83. The van der Waals surface area contributed by atoms with Gasteiger partial charge in [0.15, 0.2) is 9.84 Å². The zero-order valence-corrected chi connectivity index (χ0v) is 8.47. The molecule has 0 unspecified atom stereocenters. The average Bonchev–Trinajstić information content (AvgIpc) is 1.83. The van der Waals surface area contributed by atoms with Gasteiger partial charge >= 0.3 is 0 Å². The fourth-order valence-electron chi connectivity index (χ4n) is 1.44. The van der Waals surface area contributed by atoms with Crippen molar-refractivity contribution < 1.29 is 8.42 Å². The Hall–Kier alpha value is -0.0900. The molecule has 0 aromatic heterocycles. The van der Waals surface area contributed by atoms with Gasteiger partial charge in [-0.3, -0.25) is 0 Å².